The lowest BCUT2D eigenvalue weighted by Crippen LogP contribution is -2.06. The molecule has 1 aromatic carbocycles. The second kappa shape index (κ2) is 10.3. The summed E-state index contributed by atoms with van der Waals surface area (Å²) >= 11 is 1.12. The van der Waals surface area contributed by atoms with E-state index in [1.165, 1.54) is 12.8 Å². The molecule has 0 fully saturated rings. The van der Waals surface area contributed by atoms with E-state index in [-0.39, 0.29) is 0 Å². The Balaban J connectivity index is 1.73. The van der Waals surface area contributed by atoms with E-state index in [2.05, 4.69) is 6.58 Å². The number of esters is 1. The fourth-order valence-electron chi connectivity index (χ4n) is 2.20. The number of benzene rings is 1. The van der Waals surface area contributed by atoms with Crippen LogP contribution in [0.25, 0.3) is 0 Å². The topological polar surface area (TPSA) is 59.3 Å². The van der Waals surface area contributed by atoms with Crippen molar-refractivity contribution in [2.45, 2.75) is 32.1 Å². The molecule has 0 amide bonds. The third kappa shape index (κ3) is 6.44. The molecule has 25 heavy (non-hydrogen) atoms. The molecule has 4 nitrogen and oxygen atoms in total. The molecule has 5 heteroatoms. The lowest BCUT2D eigenvalue weighted by Gasteiger charge is -2.07. The Morgan fingerprint density at radius 3 is 2.48 bits per heavy atom. The molecule has 0 unspecified atom stereocenters. The Hall–Kier alpha value is -2.58. The molecule has 1 heterocycles. The van der Waals surface area contributed by atoms with Crippen LogP contribution in [0.5, 0.6) is 11.5 Å². The number of unbranched alkanes of at least 4 members (excludes halogenated alkanes) is 4. The summed E-state index contributed by atoms with van der Waals surface area (Å²) in [5.74, 6) is 0.752. The first-order valence-corrected chi connectivity index (χ1v) is 9.10. The zero-order valence-electron chi connectivity index (χ0n) is 14.1. The van der Waals surface area contributed by atoms with Crippen molar-refractivity contribution in [2.24, 2.45) is 0 Å². The average Bonchev–Trinajstić information content (AvgIpc) is 3.12. The molecule has 0 radical (unpaired) electrons. The molecule has 130 valence electrons. The Bertz CT molecular complexity index is 728. The van der Waals surface area contributed by atoms with E-state index in [9.17, 15) is 4.79 Å². The van der Waals surface area contributed by atoms with Crippen molar-refractivity contribution in [3.8, 4) is 17.6 Å². The van der Waals surface area contributed by atoms with Gasteiger partial charge in [-0.1, -0.05) is 18.9 Å². The Morgan fingerprint density at radius 2 is 1.80 bits per heavy atom. The summed E-state index contributed by atoms with van der Waals surface area (Å²) in [5, 5.41) is 8.79. The Morgan fingerprint density at radius 1 is 1.08 bits per heavy atom. The van der Waals surface area contributed by atoms with Crippen molar-refractivity contribution in [2.75, 3.05) is 6.61 Å². The monoisotopic (exact) mass is 355 g/mol. The summed E-state index contributed by atoms with van der Waals surface area (Å²) in [4.78, 5) is 12.9. The van der Waals surface area contributed by atoms with Crippen molar-refractivity contribution in [3.05, 3.63) is 58.8 Å². The smallest absolute Gasteiger partial charge is 0.353 e. The van der Waals surface area contributed by atoms with Crippen molar-refractivity contribution >= 4 is 17.3 Å². The quantitative estimate of drug-likeness (QED) is 0.249. The highest BCUT2D eigenvalue weighted by atomic mass is 32.1. The molecule has 0 aliphatic carbocycles. The molecule has 2 aromatic rings. The predicted molar refractivity (Wildman–Crippen MR) is 99.2 cm³/mol. The van der Waals surface area contributed by atoms with Crippen molar-refractivity contribution in [1.29, 1.82) is 5.26 Å². The molecular weight excluding hydrogens is 334 g/mol. The van der Waals surface area contributed by atoms with Crippen LogP contribution in [-0.4, -0.2) is 12.6 Å². The van der Waals surface area contributed by atoms with Gasteiger partial charge in [0, 0.05) is 0 Å². The van der Waals surface area contributed by atoms with E-state index in [1.54, 1.807) is 36.4 Å². The second-order valence-electron chi connectivity index (χ2n) is 5.48. The van der Waals surface area contributed by atoms with Gasteiger partial charge in [-0.05, 0) is 55.7 Å². The molecule has 0 spiro atoms. The molecular formula is C20H21NO3S. The van der Waals surface area contributed by atoms with Gasteiger partial charge in [0.1, 0.15) is 27.3 Å². The van der Waals surface area contributed by atoms with Gasteiger partial charge in [0.15, 0.2) is 0 Å². The summed E-state index contributed by atoms with van der Waals surface area (Å²) in [6, 6.07) is 12.2. The highest BCUT2D eigenvalue weighted by Gasteiger charge is 2.11. The van der Waals surface area contributed by atoms with Gasteiger partial charge < -0.3 is 9.47 Å². The Labute approximate surface area is 152 Å². The molecule has 0 saturated carbocycles. The number of hydrogen-bond acceptors (Lipinski definition) is 5. The zero-order valence-corrected chi connectivity index (χ0v) is 14.9. The molecule has 0 aliphatic heterocycles. The number of ether oxygens (including phenoxy) is 2. The van der Waals surface area contributed by atoms with Gasteiger partial charge >= 0.3 is 5.97 Å². The van der Waals surface area contributed by atoms with Crippen LogP contribution in [0, 0.1) is 11.3 Å². The second-order valence-corrected chi connectivity index (χ2v) is 6.56. The van der Waals surface area contributed by atoms with Crippen LogP contribution in [-0.2, 0) is 0 Å². The number of hydrogen-bond donors (Lipinski definition) is 0. The van der Waals surface area contributed by atoms with Gasteiger partial charge in [-0.3, -0.25) is 0 Å². The third-order valence-electron chi connectivity index (χ3n) is 3.52. The first-order chi connectivity index (χ1) is 12.2. The minimum atomic E-state index is -0.459. The fraction of sp³-hybridized carbons (Fsp3) is 0.300. The van der Waals surface area contributed by atoms with Crippen LogP contribution in [0.4, 0.5) is 0 Å². The summed E-state index contributed by atoms with van der Waals surface area (Å²) in [6.45, 7) is 4.39. The maximum atomic E-state index is 12.0. The van der Waals surface area contributed by atoms with Gasteiger partial charge in [-0.15, -0.1) is 17.9 Å². The number of allylic oxidation sites excluding steroid dienone is 1. The molecule has 1 aromatic heterocycles. The Kier molecular flexibility index (Phi) is 7.74. The number of carbonyl (C=O) groups excluding carboxylic acids is 1. The van der Waals surface area contributed by atoms with E-state index >= 15 is 0 Å². The van der Waals surface area contributed by atoms with Crippen LogP contribution < -0.4 is 9.47 Å². The van der Waals surface area contributed by atoms with E-state index in [0.29, 0.717) is 22.1 Å². The molecule has 0 saturated heterocycles. The maximum absolute atomic E-state index is 12.0. The summed E-state index contributed by atoms with van der Waals surface area (Å²) < 4.78 is 11.0. The van der Waals surface area contributed by atoms with Gasteiger partial charge in [-0.25, -0.2) is 4.79 Å². The molecule has 0 atom stereocenters. The van der Waals surface area contributed by atoms with Gasteiger partial charge in [0.25, 0.3) is 0 Å². The van der Waals surface area contributed by atoms with Crippen LogP contribution in [0.15, 0.2) is 49.1 Å². The number of thiophene rings is 1. The first-order valence-electron chi connectivity index (χ1n) is 8.29. The average molecular weight is 355 g/mol. The standard InChI is InChI=1S/C20H21NO3S/c1-2-3-4-5-6-7-14-23-16-8-10-17(11-9-16)24-20(22)19-13-12-18(15-21)25-19/h2,8-13H,1,3-7,14H2. The largest absolute Gasteiger partial charge is 0.494 e. The van der Waals surface area contributed by atoms with Gasteiger partial charge in [0.05, 0.1) is 6.61 Å². The van der Waals surface area contributed by atoms with Crippen LogP contribution in [0.1, 0.15) is 46.7 Å². The van der Waals surface area contributed by atoms with E-state index in [1.807, 2.05) is 12.1 Å². The van der Waals surface area contributed by atoms with E-state index in [0.717, 1.165) is 36.3 Å². The SMILES string of the molecule is C=CCCCCCCOc1ccc(OC(=O)c2ccc(C#N)s2)cc1. The highest BCUT2D eigenvalue weighted by Crippen LogP contribution is 2.21. The van der Waals surface area contributed by atoms with Crippen LogP contribution in [0.2, 0.25) is 0 Å². The van der Waals surface area contributed by atoms with Crippen molar-refractivity contribution in [3.63, 3.8) is 0 Å². The van der Waals surface area contributed by atoms with E-state index in [4.69, 9.17) is 14.7 Å². The molecule has 2 rings (SSSR count). The summed E-state index contributed by atoms with van der Waals surface area (Å²) in [5.41, 5.74) is 0. The lowest BCUT2D eigenvalue weighted by atomic mass is 10.1. The number of carbonyl (C=O) groups is 1. The number of rotatable bonds is 10. The summed E-state index contributed by atoms with van der Waals surface area (Å²) in [6.07, 6.45) is 7.57. The lowest BCUT2D eigenvalue weighted by molar-refractivity contribution is 0.0739. The number of nitrogens with zero attached hydrogens (tertiary/aromatic N) is 1. The van der Waals surface area contributed by atoms with Gasteiger partial charge in [-0.2, -0.15) is 5.26 Å². The molecule has 0 bridgehead atoms. The van der Waals surface area contributed by atoms with Gasteiger partial charge in [0.2, 0.25) is 0 Å². The highest BCUT2D eigenvalue weighted by molar-refractivity contribution is 7.14. The molecule has 0 aliphatic rings. The van der Waals surface area contributed by atoms with Crippen LogP contribution in [0.3, 0.4) is 0 Å². The van der Waals surface area contributed by atoms with Crippen molar-refractivity contribution < 1.29 is 14.3 Å². The molecule has 0 N–H and O–H groups in total. The first kappa shape index (κ1) is 18.8. The van der Waals surface area contributed by atoms with E-state index < -0.39 is 5.97 Å². The minimum absolute atomic E-state index is 0.410. The zero-order chi connectivity index (χ0) is 17.9. The minimum Gasteiger partial charge on any atom is -0.494 e. The number of nitriles is 1. The fourth-order valence-corrected chi connectivity index (χ4v) is 2.88. The van der Waals surface area contributed by atoms with Crippen molar-refractivity contribution in [1.82, 2.24) is 0 Å². The van der Waals surface area contributed by atoms with Crippen LogP contribution >= 0.6 is 11.3 Å². The normalized spacial score (nSPS) is 10.0. The third-order valence-corrected chi connectivity index (χ3v) is 4.49. The predicted octanol–water partition coefficient (Wildman–Crippen LogP) is 5.35. The summed E-state index contributed by atoms with van der Waals surface area (Å²) in [7, 11) is 0. The maximum Gasteiger partial charge on any atom is 0.353 e.